The normalized spacial score (nSPS) is 20.4. The van der Waals surface area contributed by atoms with E-state index in [0.717, 1.165) is 25.9 Å². The predicted octanol–water partition coefficient (Wildman–Crippen LogP) is 1.92. The Bertz CT molecular complexity index is 367. The fourth-order valence-electron chi connectivity index (χ4n) is 2.36. The molecule has 92 valence electrons. The van der Waals surface area contributed by atoms with Crippen LogP contribution in [0.4, 0.5) is 4.79 Å². The summed E-state index contributed by atoms with van der Waals surface area (Å²) in [4.78, 5) is 12.8. The minimum absolute atomic E-state index is 0.339. The summed E-state index contributed by atoms with van der Waals surface area (Å²) in [7, 11) is 0. The van der Waals surface area contributed by atoms with E-state index in [9.17, 15) is 4.79 Å². The second kappa shape index (κ2) is 5.68. The van der Waals surface area contributed by atoms with Crippen LogP contribution in [0.15, 0.2) is 30.3 Å². The summed E-state index contributed by atoms with van der Waals surface area (Å²) >= 11 is 0. The third-order valence-corrected chi connectivity index (χ3v) is 3.22. The van der Waals surface area contributed by atoms with Crippen LogP contribution >= 0.6 is 0 Å². The van der Waals surface area contributed by atoms with Gasteiger partial charge in [0.05, 0.1) is 0 Å². The second-order valence-corrected chi connectivity index (χ2v) is 4.44. The molecule has 17 heavy (non-hydrogen) atoms. The highest BCUT2D eigenvalue weighted by Gasteiger charge is 2.24. The van der Waals surface area contributed by atoms with Gasteiger partial charge in [0.25, 0.3) is 0 Å². The molecule has 4 heteroatoms. The maximum atomic E-state index is 10.5. The summed E-state index contributed by atoms with van der Waals surface area (Å²) in [6, 6.07) is 10.6. The number of hydrogen-bond acceptors (Lipinski definition) is 2. The number of carbonyl (C=O) groups is 1. The quantitative estimate of drug-likeness (QED) is 0.836. The molecule has 1 aromatic rings. The van der Waals surface area contributed by atoms with Gasteiger partial charge in [0.1, 0.15) is 0 Å². The SMILES string of the molecule is O=C(O)NCC1CCCN1Cc1ccccc1. The van der Waals surface area contributed by atoms with Crippen molar-refractivity contribution in [3.63, 3.8) is 0 Å². The molecule has 1 unspecified atom stereocenters. The molecule has 0 aliphatic carbocycles. The van der Waals surface area contributed by atoms with Gasteiger partial charge in [-0.2, -0.15) is 0 Å². The Morgan fingerprint density at radius 2 is 2.18 bits per heavy atom. The zero-order valence-electron chi connectivity index (χ0n) is 9.80. The molecule has 0 saturated carbocycles. The maximum Gasteiger partial charge on any atom is 0.404 e. The van der Waals surface area contributed by atoms with Gasteiger partial charge in [-0.05, 0) is 24.9 Å². The van der Waals surface area contributed by atoms with E-state index >= 15 is 0 Å². The summed E-state index contributed by atoms with van der Waals surface area (Å²) in [5.74, 6) is 0. The van der Waals surface area contributed by atoms with Crippen LogP contribution in [0.2, 0.25) is 0 Å². The van der Waals surface area contributed by atoms with E-state index < -0.39 is 6.09 Å². The molecule has 2 rings (SSSR count). The Kier molecular flexibility index (Phi) is 3.98. The number of rotatable bonds is 4. The van der Waals surface area contributed by atoms with Gasteiger partial charge in [0.2, 0.25) is 0 Å². The van der Waals surface area contributed by atoms with Crippen LogP contribution in [-0.2, 0) is 6.54 Å². The molecule has 0 spiro atoms. The first-order valence-electron chi connectivity index (χ1n) is 6.00. The highest BCUT2D eigenvalue weighted by atomic mass is 16.4. The molecule has 2 N–H and O–H groups in total. The second-order valence-electron chi connectivity index (χ2n) is 4.44. The largest absolute Gasteiger partial charge is 0.465 e. The first-order chi connectivity index (χ1) is 8.25. The molecule has 0 radical (unpaired) electrons. The van der Waals surface area contributed by atoms with Gasteiger partial charge in [0.15, 0.2) is 0 Å². The molecule has 1 aromatic carbocycles. The van der Waals surface area contributed by atoms with Crippen LogP contribution in [0, 0.1) is 0 Å². The van der Waals surface area contributed by atoms with E-state index in [-0.39, 0.29) is 0 Å². The fraction of sp³-hybridized carbons (Fsp3) is 0.462. The molecule has 1 amide bonds. The average molecular weight is 234 g/mol. The smallest absolute Gasteiger partial charge is 0.404 e. The lowest BCUT2D eigenvalue weighted by Gasteiger charge is -2.24. The van der Waals surface area contributed by atoms with E-state index in [1.54, 1.807) is 0 Å². The highest BCUT2D eigenvalue weighted by molar-refractivity contribution is 5.64. The minimum Gasteiger partial charge on any atom is -0.465 e. The Balaban J connectivity index is 1.89. The average Bonchev–Trinajstić information content (AvgIpc) is 2.75. The number of benzene rings is 1. The van der Waals surface area contributed by atoms with Gasteiger partial charge in [0, 0.05) is 19.1 Å². The topological polar surface area (TPSA) is 52.6 Å². The first-order valence-corrected chi connectivity index (χ1v) is 6.00. The zero-order chi connectivity index (χ0) is 12.1. The molecule has 0 bridgehead atoms. The maximum absolute atomic E-state index is 10.5. The predicted molar refractivity (Wildman–Crippen MR) is 65.9 cm³/mol. The fourth-order valence-corrected chi connectivity index (χ4v) is 2.36. The van der Waals surface area contributed by atoms with Crippen molar-refractivity contribution in [2.45, 2.75) is 25.4 Å². The number of nitrogens with one attached hydrogen (secondary N) is 1. The number of amides is 1. The van der Waals surface area contributed by atoms with Gasteiger partial charge < -0.3 is 10.4 Å². The number of likely N-dealkylation sites (tertiary alicyclic amines) is 1. The van der Waals surface area contributed by atoms with Gasteiger partial charge >= 0.3 is 6.09 Å². The summed E-state index contributed by atoms with van der Waals surface area (Å²) in [5, 5.41) is 11.1. The standard InChI is InChI=1S/C13H18N2O2/c16-13(17)14-9-12-7-4-8-15(12)10-11-5-2-1-3-6-11/h1-3,5-6,12,14H,4,7-10H2,(H,16,17). The lowest BCUT2D eigenvalue weighted by atomic mass is 10.2. The molecule has 4 nitrogen and oxygen atoms in total. The Morgan fingerprint density at radius 1 is 1.41 bits per heavy atom. The molecular formula is C13H18N2O2. The molecule has 1 aliphatic rings. The number of carboxylic acid groups (broad SMARTS) is 1. The van der Waals surface area contributed by atoms with Crippen molar-refractivity contribution in [2.24, 2.45) is 0 Å². The van der Waals surface area contributed by atoms with E-state index in [1.165, 1.54) is 5.56 Å². The molecule has 0 aromatic heterocycles. The summed E-state index contributed by atoms with van der Waals surface area (Å²) in [6.45, 7) is 2.50. The summed E-state index contributed by atoms with van der Waals surface area (Å²) in [6.07, 6.45) is 1.29. The molecule has 1 atom stereocenters. The third kappa shape index (κ3) is 3.46. The van der Waals surface area contributed by atoms with Gasteiger partial charge in [-0.15, -0.1) is 0 Å². The first kappa shape index (κ1) is 11.9. The van der Waals surface area contributed by atoms with Crippen molar-refractivity contribution in [1.29, 1.82) is 0 Å². The van der Waals surface area contributed by atoms with Crippen LogP contribution in [0.5, 0.6) is 0 Å². The Morgan fingerprint density at radius 3 is 2.88 bits per heavy atom. The zero-order valence-corrected chi connectivity index (χ0v) is 9.80. The van der Waals surface area contributed by atoms with E-state index in [0.29, 0.717) is 12.6 Å². The van der Waals surface area contributed by atoms with Crippen LogP contribution in [0.25, 0.3) is 0 Å². The molecular weight excluding hydrogens is 216 g/mol. The van der Waals surface area contributed by atoms with Crippen molar-refractivity contribution < 1.29 is 9.90 Å². The van der Waals surface area contributed by atoms with Gasteiger partial charge in [-0.3, -0.25) is 4.90 Å². The van der Waals surface area contributed by atoms with Crippen molar-refractivity contribution in [1.82, 2.24) is 10.2 Å². The molecule has 1 fully saturated rings. The van der Waals surface area contributed by atoms with Crippen molar-refractivity contribution in [3.05, 3.63) is 35.9 Å². The van der Waals surface area contributed by atoms with Crippen molar-refractivity contribution >= 4 is 6.09 Å². The van der Waals surface area contributed by atoms with Crippen molar-refractivity contribution in [2.75, 3.05) is 13.1 Å². The molecule has 1 saturated heterocycles. The van der Waals surface area contributed by atoms with E-state index in [4.69, 9.17) is 5.11 Å². The van der Waals surface area contributed by atoms with Crippen LogP contribution < -0.4 is 5.32 Å². The van der Waals surface area contributed by atoms with Gasteiger partial charge in [-0.1, -0.05) is 30.3 Å². The minimum atomic E-state index is -0.934. The summed E-state index contributed by atoms with van der Waals surface area (Å²) < 4.78 is 0. The van der Waals surface area contributed by atoms with Crippen LogP contribution in [0.1, 0.15) is 18.4 Å². The van der Waals surface area contributed by atoms with Crippen LogP contribution in [0.3, 0.4) is 0 Å². The van der Waals surface area contributed by atoms with Crippen LogP contribution in [-0.4, -0.2) is 35.2 Å². The van der Waals surface area contributed by atoms with Gasteiger partial charge in [-0.25, -0.2) is 4.79 Å². The lowest BCUT2D eigenvalue weighted by Crippen LogP contribution is -2.39. The highest BCUT2D eigenvalue weighted by Crippen LogP contribution is 2.19. The van der Waals surface area contributed by atoms with Crippen molar-refractivity contribution in [3.8, 4) is 0 Å². The number of nitrogens with zero attached hydrogens (tertiary/aromatic N) is 1. The summed E-state index contributed by atoms with van der Waals surface area (Å²) in [5.41, 5.74) is 1.29. The third-order valence-electron chi connectivity index (χ3n) is 3.22. The van der Waals surface area contributed by atoms with E-state index in [1.807, 2.05) is 18.2 Å². The number of hydrogen-bond donors (Lipinski definition) is 2. The Labute approximate surface area is 101 Å². The van der Waals surface area contributed by atoms with E-state index in [2.05, 4.69) is 22.3 Å². The monoisotopic (exact) mass is 234 g/mol. The Hall–Kier alpha value is -1.55. The lowest BCUT2D eigenvalue weighted by molar-refractivity contribution is 0.185. The molecule has 1 heterocycles. The molecule has 1 aliphatic heterocycles.